The Balaban J connectivity index is 2.15. The van der Waals surface area contributed by atoms with E-state index in [2.05, 4.69) is 10.1 Å². The topological polar surface area (TPSA) is 59.2 Å². The van der Waals surface area contributed by atoms with Crippen LogP contribution in [0.4, 0.5) is 5.95 Å². The van der Waals surface area contributed by atoms with Crippen LogP contribution in [0.3, 0.4) is 0 Å². The van der Waals surface area contributed by atoms with E-state index in [0.717, 1.165) is 32.2 Å². The van der Waals surface area contributed by atoms with Gasteiger partial charge in [-0.1, -0.05) is 12.8 Å². The number of carbonyl (C=O) groups is 1. The summed E-state index contributed by atoms with van der Waals surface area (Å²) in [7, 11) is 1.91. The van der Waals surface area contributed by atoms with Crippen molar-refractivity contribution in [3.8, 4) is 0 Å². The summed E-state index contributed by atoms with van der Waals surface area (Å²) < 4.78 is 5.23. The largest absolute Gasteiger partial charge is 0.342 e. The lowest BCUT2D eigenvalue weighted by Crippen LogP contribution is -2.17. The first-order valence-electron chi connectivity index (χ1n) is 6.29. The van der Waals surface area contributed by atoms with Crippen LogP contribution in [0.15, 0.2) is 4.52 Å². The van der Waals surface area contributed by atoms with Crippen molar-refractivity contribution in [2.45, 2.75) is 44.9 Å². The molecular formula is C12H19N3O2. The summed E-state index contributed by atoms with van der Waals surface area (Å²) >= 11 is 0. The minimum absolute atomic E-state index is 0.177. The molecular weight excluding hydrogens is 218 g/mol. The smallest absolute Gasteiger partial charge is 0.265 e. The number of hydrogen-bond donors (Lipinski definition) is 0. The molecule has 0 aromatic carbocycles. The quantitative estimate of drug-likeness (QED) is 0.754. The van der Waals surface area contributed by atoms with Crippen LogP contribution in [0.25, 0.3) is 0 Å². The van der Waals surface area contributed by atoms with E-state index in [4.69, 9.17) is 4.52 Å². The molecule has 1 aliphatic carbocycles. The van der Waals surface area contributed by atoms with E-state index in [9.17, 15) is 4.79 Å². The number of ketones is 1. The highest BCUT2D eigenvalue weighted by molar-refractivity contribution is 5.84. The Labute approximate surface area is 101 Å². The zero-order valence-electron chi connectivity index (χ0n) is 10.5. The van der Waals surface area contributed by atoms with Gasteiger partial charge in [0.2, 0.25) is 5.89 Å². The molecule has 0 N–H and O–H groups in total. The summed E-state index contributed by atoms with van der Waals surface area (Å²) in [5.41, 5.74) is 0. The van der Waals surface area contributed by atoms with E-state index >= 15 is 0 Å². The Morgan fingerprint density at radius 3 is 3.00 bits per heavy atom. The van der Waals surface area contributed by atoms with Gasteiger partial charge in [-0.15, -0.1) is 0 Å². The number of aromatic nitrogens is 2. The molecule has 94 valence electrons. The lowest BCUT2D eigenvalue weighted by Gasteiger charge is -2.09. The SMILES string of the molecule is CCN(C)c1noc(C2CCCCCC2=O)n1. The summed E-state index contributed by atoms with van der Waals surface area (Å²) in [5, 5.41) is 3.91. The molecule has 0 amide bonds. The highest BCUT2D eigenvalue weighted by Gasteiger charge is 2.28. The molecule has 1 aromatic rings. The number of nitrogens with zero attached hydrogens (tertiary/aromatic N) is 3. The predicted molar refractivity (Wildman–Crippen MR) is 64.1 cm³/mol. The van der Waals surface area contributed by atoms with Crippen molar-refractivity contribution >= 4 is 11.7 Å². The lowest BCUT2D eigenvalue weighted by molar-refractivity contribution is -0.120. The fourth-order valence-corrected chi connectivity index (χ4v) is 2.09. The van der Waals surface area contributed by atoms with Crippen molar-refractivity contribution in [3.63, 3.8) is 0 Å². The molecule has 0 saturated heterocycles. The Morgan fingerprint density at radius 1 is 1.41 bits per heavy atom. The average Bonchev–Trinajstić information content (AvgIpc) is 2.72. The van der Waals surface area contributed by atoms with Crippen molar-refractivity contribution in [1.29, 1.82) is 0 Å². The summed E-state index contributed by atoms with van der Waals surface area (Å²) in [5.74, 6) is 1.13. The third kappa shape index (κ3) is 2.65. The number of hydrogen-bond acceptors (Lipinski definition) is 5. The molecule has 1 atom stereocenters. The maximum atomic E-state index is 11.9. The second kappa shape index (κ2) is 5.29. The monoisotopic (exact) mass is 237 g/mol. The first kappa shape index (κ1) is 12.1. The van der Waals surface area contributed by atoms with E-state index in [1.807, 2.05) is 18.9 Å². The van der Waals surface area contributed by atoms with Crippen molar-refractivity contribution in [1.82, 2.24) is 10.1 Å². The van der Waals surface area contributed by atoms with Crippen LogP contribution < -0.4 is 4.90 Å². The highest BCUT2D eigenvalue weighted by Crippen LogP contribution is 2.28. The molecule has 0 aliphatic heterocycles. The minimum atomic E-state index is -0.177. The molecule has 1 unspecified atom stereocenters. The van der Waals surface area contributed by atoms with Gasteiger partial charge in [0.25, 0.3) is 5.95 Å². The maximum absolute atomic E-state index is 11.9. The van der Waals surface area contributed by atoms with Crippen LogP contribution in [0.1, 0.15) is 50.8 Å². The first-order valence-corrected chi connectivity index (χ1v) is 6.29. The molecule has 1 aromatic heterocycles. The van der Waals surface area contributed by atoms with Gasteiger partial charge in [0.1, 0.15) is 5.78 Å². The van der Waals surface area contributed by atoms with Gasteiger partial charge in [-0.2, -0.15) is 4.98 Å². The van der Waals surface area contributed by atoms with E-state index in [1.54, 1.807) is 0 Å². The molecule has 1 heterocycles. The Hall–Kier alpha value is -1.39. The second-order valence-corrected chi connectivity index (χ2v) is 4.57. The molecule has 1 fully saturated rings. The molecule has 1 saturated carbocycles. The molecule has 0 spiro atoms. The van der Waals surface area contributed by atoms with Crippen LogP contribution >= 0.6 is 0 Å². The molecule has 5 heteroatoms. The number of rotatable bonds is 3. The number of carbonyl (C=O) groups excluding carboxylic acids is 1. The van der Waals surface area contributed by atoms with Gasteiger partial charge in [-0.05, 0) is 24.9 Å². The van der Waals surface area contributed by atoms with Crippen molar-refractivity contribution in [3.05, 3.63) is 5.89 Å². The average molecular weight is 237 g/mol. The minimum Gasteiger partial charge on any atom is -0.342 e. The van der Waals surface area contributed by atoms with Crippen LogP contribution in [0.2, 0.25) is 0 Å². The maximum Gasteiger partial charge on any atom is 0.265 e. The summed E-state index contributed by atoms with van der Waals surface area (Å²) in [4.78, 5) is 18.1. The van der Waals surface area contributed by atoms with Gasteiger partial charge in [0.15, 0.2) is 0 Å². The zero-order valence-corrected chi connectivity index (χ0v) is 10.5. The van der Waals surface area contributed by atoms with Crippen molar-refractivity contribution in [2.75, 3.05) is 18.5 Å². The third-order valence-corrected chi connectivity index (χ3v) is 3.35. The van der Waals surface area contributed by atoms with Gasteiger partial charge in [0, 0.05) is 20.0 Å². The fraction of sp³-hybridized carbons (Fsp3) is 0.750. The molecule has 1 aliphatic rings. The van der Waals surface area contributed by atoms with Crippen molar-refractivity contribution in [2.24, 2.45) is 0 Å². The number of Topliss-reactive ketones (excluding diaryl/α,β-unsaturated/α-hetero) is 1. The van der Waals surface area contributed by atoms with Gasteiger partial charge in [0.05, 0.1) is 5.92 Å². The Morgan fingerprint density at radius 2 is 2.24 bits per heavy atom. The fourth-order valence-electron chi connectivity index (χ4n) is 2.09. The third-order valence-electron chi connectivity index (χ3n) is 3.35. The van der Waals surface area contributed by atoms with Crippen LogP contribution in [0.5, 0.6) is 0 Å². The van der Waals surface area contributed by atoms with E-state index in [1.165, 1.54) is 0 Å². The lowest BCUT2D eigenvalue weighted by atomic mass is 9.99. The van der Waals surface area contributed by atoms with Crippen LogP contribution in [-0.4, -0.2) is 29.5 Å². The highest BCUT2D eigenvalue weighted by atomic mass is 16.5. The second-order valence-electron chi connectivity index (χ2n) is 4.57. The van der Waals surface area contributed by atoms with E-state index < -0.39 is 0 Å². The van der Waals surface area contributed by atoms with Crippen LogP contribution in [0, 0.1) is 0 Å². The normalized spacial score (nSPS) is 21.3. The standard InChI is InChI=1S/C12H19N3O2/c1-3-15(2)12-13-11(17-14-12)9-7-5-4-6-8-10(9)16/h9H,3-8H2,1-2H3. The Bertz CT molecular complexity index is 389. The summed E-state index contributed by atoms with van der Waals surface area (Å²) in [6.45, 7) is 2.84. The van der Waals surface area contributed by atoms with Gasteiger partial charge >= 0.3 is 0 Å². The molecule has 0 bridgehead atoms. The predicted octanol–water partition coefficient (Wildman–Crippen LogP) is 2.14. The van der Waals surface area contributed by atoms with Gasteiger partial charge in [-0.25, -0.2) is 0 Å². The summed E-state index contributed by atoms with van der Waals surface area (Å²) in [6.07, 6.45) is 4.67. The van der Waals surface area contributed by atoms with E-state index in [0.29, 0.717) is 18.3 Å². The van der Waals surface area contributed by atoms with Gasteiger partial charge in [-0.3, -0.25) is 4.79 Å². The van der Waals surface area contributed by atoms with E-state index in [-0.39, 0.29) is 11.7 Å². The summed E-state index contributed by atoms with van der Waals surface area (Å²) in [6, 6.07) is 0. The van der Waals surface area contributed by atoms with Crippen molar-refractivity contribution < 1.29 is 9.32 Å². The zero-order chi connectivity index (χ0) is 12.3. The molecule has 5 nitrogen and oxygen atoms in total. The molecule has 17 heavy (non-hydrogen) atoms. The number of anilines is 1. The molecule has 2 rings (SSSR count). The molecule has 0 radical (unpaired) electrons. The first-order chi connectivity index (χ1) is 8.22. The Kier molecular flexibility index (Phi) is 3.76. The van der Waals surface area contributed by atoms with Crippen LogP contribution in [-0.2, 0) is 4.79 Å². The van der Waals surface area contributed by atoms with Gasteiger partial charge < -0.3 is 9.42 Å².